The van der Waals surface area contributed by atoms with E-state index in [0.29, 0.717) is 54.2 Å². The maximum absolute atomic E-state index is 12.6. The first-order valence-corrected chi connectivity index (χ1v) is 8.73. The van der Waals surface area contributed by atoms with E-state index in [0.717, 1.165) is 0 Å². The molecule has 0 unspecified atom stereocenters. The summed E-state index contributed by atoms with van der Waals surface area (Å²) < 4.78 is 5.00. The maximum atomic E-state index is 12.6. The van der Waals surface area contributed by atoms with Crippen molar-refractivity contribution in [2.45, 2.75) is 26.7 Å². The third kappa shape index (κ3) is 3.99. The van der Waals surface area contributed by atoms with Crippen molar-refractivity contribution < 1.29 is 24.0 Å². The number of likely N-dealkylation sites (tertiary alicyclic amines) is 1. The average Bonchev–Trinajstić information content (AvgIpc) is 3.00. The fourth-order valence-electron chi connectivity index (χ4n) is 3.21. The molecule has 1 fully saturated rings. The number of carbonyl (C=O) groups excluding carboxylic acids is 2. The molecule has 3 rings (SSSR count). The Hall–Kier alpha value is -3.16. The lowest BCUT2D eigenvalue weighted by Gasteiger charge is -2.30. The second-order valence-electron chi connectivity index (χ2n) is 6.64. The number of aliphatic carboxylic acids is 1. The number of rotatable bonds is 4. The number of carboxylic acids is 1. The first kappa shape index (κ1) is 18.6. The topological polar surface area (TPSA) is 113 Å². The summed E-state index contributed by atoms with van der Waals surface area (Å²) in [5.74, 6) is -1.19. The molecule has 0 atom stereocenters. The standard InChI is InChI=1S/C19H21N3O5/c1-11-16(12(2)27-21-11)17(23)20-15-5-3-13(4-6-15)18(24)22-9-7-14(8-10-22)19(25)26/h3-6,14H,7-10H2,1-2H3,(H,20,23)(H,25,26). The molecule has 1 aromatic heterocycles. The van der Waals surface area contributed by atoms with Gasteiger partial charge in [-0.1, -0.05) is 5.16 Å². The third-order valence-electron chi connectivity index (χ3n) is 4.78. The zero-order valence-electron chi connectivity index (χ0n) is 15.2. The summed E-state index contributed by atoms with van der Waals surface area (Å²) in [4.78, 5) is 37.6. The number of anilines is 1. The van der Waals surface area contributed by atoms with E-state index in [2.05, 4.69) is 10.5 Å². The molecule has 8 nitrogen and oxygen atoms in total. The van der Waals surface area contributed by atoms with Crippen molar-refractivity contribution in [1.82, 2.24) is 10.1 Å². The van der Waals surface area contributed by atoms with Crippen LogP contribution in [0.2, 0.25) is 0 Å². The first-order chi connectivity index (χ1) is 12.9. The molecule has 142 valence electrons. The van der Waals surface area contributed by atoms with Crippen LogP contribution in [-0.2, 0) is 4.79 Å². The fraction of sp³-hybridized carbons (Fsp3) is 0.368. The number of piperidine rings is 1. The fourth-order valence-corrected chi connectivity index (χ4v) is 3.21. The molecule has 0 saturated carbocycles. The highest BCUT2D eigenvalue weighted by Crippen LogP contribution is 2.21. The van der Waals surface area contributed by atoms with E-state index in [9.17, 15) is 14.4 Å². The van der Waals surface area contributed by atoms with Gasteiger partial charge in [0.2, 0.25) is 0 Å². The number of aryl methyl sites for hydroxylation is 2. The molecular weight excluding hydrogens is 350 g/mol. The number of benzene rings is 1. The van der Waals surface area contributed by atoms with Gasteiger partial charge in [-0.15, -0.1) is 0 Å². The summed E-state index contributed by atoms with van der Waals surface area (Å²) in [6.07, 6.45) is 0.930. The van der Waals surface area contributed by atoms with Crippen molar-refractivity contribution >= 4 is 23.5 Å². The minimum Gasteiger partial charge on any atom is -0.481 e. The van der Waals surface area contributed by atoms with E-state index >= 15 is 0 Å². The molecule has 0 bridgehead atoms. The molecule has 2 amide bonds. The van der Waals surface area contributed by atoms with Gasteiger partial charge in [0.25, 0.3) is 11.8 Å². The van der Waals surface area contributed by atoms with Crippen molar-refractivity contribution in [1.29, 1.82) is 0 Å². The number of amides is 2. The van der Waals surface area contributed by atoms with Crippen LogP contribution in [0.3, 0.4) is 0 Å². The summed E-state index contributed by atoms with van der Waals surface area (Å²) in [5.41, 5.74) is 1.97. The Morgan fingerprint density at radius 2 is 1.78 bits per heavy atom. The van der Waals surface area contributed by atoms with Crippen molar-refractivity contribution in [3.8, 4) is 0 Å². The molecule has 27 heavy (non-hydrogen) atoms. The second kappa shape index (κ2) is 7.61. The van der Waals surface area contributed by atoms with Crippen molar-refractivity contribution in [2.24, 2.45) is 5.92 Å². The third-order valence-corrected chi connectivity index (χ3v) is 4.78. The summed E-state index contributed by atoms with van der Waals surface area (Å²) in [6, 6.07) is 6.61. The van der Waals surface area contributed by atoms with Crippen LogP contribution in [0.15, 0.2) is 28.8 Å². The SMILES string of the molecule is Cc1noc(C)c1C(=O)Nc1ccc(C(=O)N2CCC(C(=O)O)CC2)cc1. The van der Waals surface area contributed by atoms with Crippen LogP contribution >= 0.6 is 0 Å². The highest BCUT2D eigenvalue weighted by Gasteiger charge is 2.27. The van der Waals surface area contributed by atoms with Gasteiger partial charge < -0.3 is 19.8 Å². The van der Waals surface area contributed by atoms with Crippen LogP contribution in [0.5, 0.6) is 0 Å². The molecule has 8 heteroatoms. The van der Waals surface area contributed by atoms with Crippen LogP contribution in [0.4, 0.5) is 5.69 Å². The van der Waals surface area contributed by atoms with Gasteiger partial charge in [0, 0.05) is 24.3 Å². The number of carboxylic acid groups (broad SMARTS) is 1. The lowest BCUT2D eigenvalue weighted by Crippen LogP contribution is -2.40. The van der Waals surface area contributed by atoms with Crippen LogP contribution in [-0.4, -0.2) is 46.0 Å². The molecule has 0 radical (unpaired) electrons. The van der Waals surface area contributed by atoms with E-state index in [1.807, 2.05) is 0 Å². The minimum atomic E-state index is -0.805. The van der Waals surface area contributed by atoms with E-state index < -0.39 is 5.97 Å². The van der Waals surface area contributed by atoms with Gasteiger partial charge in [-0.3, -0.25) is 14.4 Å². The largest absolute Gasteiger partial charge is 0.481 e. The van der Waals surface area contributed by atoms with E-state index in [1.54, 1.807) is 43.0 Å². The number of hydrogen-bond acceptors (Lipinski definition) is 5. The molecule has 2 aromatic rings. The summed E-state index contributed by atoms with van der Waals surface area (Å²) in [6.45, 7) is 4.23. The number of nitrogens with one attached hydrogen (secondary N) is 1. The highest BCUT2D eigenvalue weighted by atomic mass is 16.5. The monoisotopic (exact) mass is 371 g/mol. The van der Waals surface area contributed by atoms with Crippen LogP contribution < -0.4 is 5.32 Å². The van der Waals surface area contributed by atoms with Gasteiger partial charge in [0.15, 0.2) is 0 Å². The molecule has 1 aliphatic heterocycles. The lowest BCUT2D eigenvalue weighted by atomic mass is 9.96. The van der Waals surface area contributed by atoms with Crippen molar-refractivity contribution in [3.05, 3.63) is 46.8 Å². The Balaban J connectivity index is 1.63. The van der Waals surface area contributed by atoms with Crippen LogP contribution in [0.1, 0.15) is 45.0 Å². The van der Waals surface area contributed by atoms with Gasteiger partial charge in [-0.05, 0) is 51.0 Å². The Kier molecular flexibility index (Phi) is 5.25. The van der Waals surface area contributed by atoms with Gasteiger partial charge in [-0.2, -0.15) is 0 Å². The predicted octanol–water partition coefficient (Wildman–Crippen LogP) is 2.48. The molecule has 2 heterocycles. The van der Waals surface area contributed by atoms with Gasteiger partial charge in [-0.25, -0.2) is 0 Å². The summed E-state index contributed by atoms with van der Waals surface area (Å²) in [7, 11) is 0. The van der Waals surface area contributed by atoms with Gasteiger partial charge >= 0.3 is 5.97 Å². The Morgan fingerprint density at radius 1 is 1.15 bits per heavy atom. The average molecular weight is 371 g/mol. The number of carbonyl (C=O) groups is 3. The quantitative estimate of drug-likeness (QED) is 0.854. The summed E-state index contributed by atoms with van der Waals surface area (Å²) in [5, 5.41) is 15.6. The predicted molar refractivity (Wildman–Crippen MR) is 96.6 cm³/mol. The summed E-state index contributed by atoms with van der Waals surface area (Å²) >= 11 is 0. The van der Waals surface area contributed by atoms with Crippen molar-refractivity contribution in [2.75, 3.05) is 18.4 Å². The number of aromatic nitrogens is 1. The lowest BCUT2D eigenvalue weighted by molar-refractivity contribution is -0.143. The van der Waals surface area contributed by atoms with Gasteiger partial charge in [0.05, 0.1) is 11.6 Å². The highest BCUT2D eigenvalue weighted by molar-refractivity contribution is 6.06. The smallest absolute Gasteiger partial charge is 0.306 e. The minimum absolute atomic E-state index is 0.137. The molecule has 1 aromatic carbocycles. The zero-order chi connectivity index (χ0) is 19.6. The molecular formula is C19H21N3O5. The maximum Gasteiger partial charge on any atom is 0.306 e. The molecule has 1 aliphatic rings. The molecule has 2 N–H and O–H groups in total. The van der Waals surface area contributed by atoms with E-state index in [-0.39, 0.29) is 17.7 Å². The first-order valence-electron chi connectivity index (χ1n) is 8.73. The zero-order valence-corrected chi connectivity index (χ0v) is 15.2. The van der Waals surface area contributed by atoms with Crippen LogP contribution in [0.25, 0.3) is 0 Å². The number of hydrogen-bond donors (Lipinski definition) is 2. The van der Waals surface area contributed by atoms with Crippen LogP contribution in [0, 0.1) is 19.8 Å². The normalized spacial score (nSPS) is 14.8. The molecule has 0 aliphatic carbocycles. The second-order valence-corrected chi connectivity index (χ2v) is 6.64. The van der Waals surface area contributed by atoms with Gasteiger partial charge in [0.1, 0.15) is 11.3 Å². The van der Waals surface area contributed by atoms with E-state index in [1.165, 1.54) is 0 Å². The van der Waals surface area contributed by atoms with E-state index in [4.69, 9.17) is 9.63 Å². The molecule has 0 spiro atoms. The Labute approximate surface area is 156 Å². The number of nitrogens with zero attached hydrogens (tertiary/aromatic N) is 2. The Morgan fingerprint density at radius 3 is 2.30 bits per heavy atom. The Bertz CT molecular complexity index is 844. The molecule has 1 saturated heterocycles. The van der Waals surface area contributed by atoms with Crippen molar-refractivity contribution in [3.63, 3.8) is 0 Å².